The second-order valence-electron chi connectivity index (χ2n) is 8.14. The second kappa shape index (κ2) is 12.3. The van der Waals surface area contributed by atoms with Gasteiger partial charge in [-0.3, -0.25) is 0 Å². The number of carboxylic acids is 2. The summed E-state index contributed by atoms with van der Waals surface area (Å²) in [6.45, 7) is 0. The van der Waals surface area contributed by atoms with Crippen LogP contribution in [0.2, 0.25) is 5.02 Å². The number of fused-ring (bicyclic) bond motifs is 2. The van der Waals surface area contributed by atoms with Crippen LogP contribution < -0.4 is 0 Å². The highest BCUT2D eigenvalue weighted by molar-refractivity contribution is 8.00. The highest BCUT2D eigenvalue weighted by Gasteiger charge is 2.14. The van der Waals surface area contributed by atoms with E-state index in [4.69, 9.17) is 11.6 Å². The van der Waals surface area contributed by atoms with Crippen LogP contribution in [0.1, 0.15) is 20.7 Å². The number of benzene rings is 4. The van der Waals surface area contributed by atoms with E-state index in [1.165, 1.54) is 38.3 Å². The number of carboxylic acid groups (broad SMARTS) is 2. The van der Waals surface area contributed by atoms with Gasteiger partial charge >= 0.3 is 11.9 Å². The molecule has 4 aromatic carbocycles. The maximum Gasteiger partial charge on any atom is 0.336 e. The lowest BCUT2D eigenvalue weighted by Crippen LogP contribution is -1.98. The van der Waals surface area contributed by atoms with Crippen molar-refractivity contribution in [1.82, 2.24) is 0 Å². The van der Waals surface area contributed by atoms with Crippen molar-refractivity contribution in [3.63, 3.8) is 0 Å². The molecular weight excluding hydrogens is 588 g/mol. The highest BCUT2D eigenvalue weighted by Crippen LogP contribution is 2.40. The normalized spacial score (nSPS) is 10.8. The number of halogens is 1. The standard InChI is InChI=1S/C15H9ClO2S2.C15H10O2S2/c16-9-5-6-11(15(17)18)13(7-9)20-14-8-19-12-4-2-1-3-10(12)14;16-15(17)11-6-2-4-8-13(11)19-14-9-18-12-7-3-1-5-10(12)14/h1-8H,(H,17,18);1-9H,(H,16,17). The fraction of sp³-hybridized carbons (Fsp3) is 0. The number of aromatic carboxylic acids is 2. The Labute approximate surface area is 245 Å². The van der Waals surface area contributed by atoms with Crippen LogP contribution in [0, 0.1) is 0 Å². The van der Waals surface area contributed by atoms with Crippen LogP contribution in [-0.2, 0) is 0 Å². The molecule has 194 valence electrons. The van der Waals surface area contributed by atoms with Crippen molar-refractivity contribution in [2.45, 2.75) is 19.6 Å². The van der Waals surface area contributed by atoms with Gasteiger partial charge < -0.3 is 10.2 Å². The third-order valence-electron chi connectivity index (χ3n) is 5.62. The lowest BCUT2D eigenvalue weighted by Gasteiger charge is -2.05. The Hall–Kier alpha value is -3.27. The van der Waals surface area contributed by atoms with Crippen molar-refractivity contribution >= 4 is 89.9 Å². The minimum absolute atomic E-state index is 0.273. The molecule has 0 fully saturated rings. The van der Waals surface area contributed by atoms with E-state index in [9.17, 15) is 19.8 Å². The fourth-order valence-corrected chi connectivity index (χ4v) is 8.39. The second-order valence-corrected chi connectivity index (χ2v) is 12.6. The van der Waals surface area contributed by atoms with Crippen LogP contribution >= 0.6 is 57.8 Å². The van der Waals surface area contributed by atoms with E-state index in [0.29, 0.717) is 15.5 Å². The Morgan fingerprint density at radius 3 is 1.67 bits per heavy atom. The fourth-order valence-electron chi connectivity index (χ4n) is 3.79. The quantitative estimate of drug-likeness (QED) is 0.196. The lowest BCUT2D eigenvalue weighted by molar-refractivity contribution is 0.0682. The number of thiophene rings is 2. The van der Waals surface area contributed by atoms with Crippen molar-refractivity contribution in [2.75, 3.05) is 0 Å². The van der Waals surface area contributed by atoms with Gasteiger partial charge in [-0.25, -0.2) is 9.59 Å². The summed E-state index contributed by atoms with van der Waals surface area (Å²) in [7, 11) is 0. The predicted octanol–water partition coefficient (Wildman–Crippen LogP) is 10.2. The maximum atomic E-state index is 11.3. The van der Waals surface area contributed by atoms with E-state index >= 15 is 0 Å². The molecule has 0 aliphatic carbocycles. The van der Waals surface area contributed by atoms with Crippen LogP contribution in [-0.4, -0.2) is 22.2 Å². The topological polar surface area (TPSA) is 74.6 Å². The molecule has 0 saturated carbocycles. The average Bonchev–Trinajstić information content (AvgIpc) is 3.53. The smallest absolute Gasteiger partial charge is 0.336 e. The van der Waals surface area contributed by atoms with Crippen molar-refractivity contribution in [1.29, 1.82) is 0 Å². The van der Waals surface area contributed by atoms with Crippen molar-refractivity contribution in [2.24, 2.45) is 0 Å². The monoisotopic (exact) mass is 606 g/mol. The molecule has 0 spiro atoms. The zero-order valence-corrected chi connectivity index (χ0v) is 24.1. The summed E-state index contributed by atoms with van der Waals surface area (Å²) in [6, 6.07) is 28.2. The number of hydrogen-bond donors (Lipinski definition) is 2. The first-order chi connectivity index (χ1) is 18.9. The molecule has 0 aliphatic rings. The lowest BCUT2D eigenvalue weighted by atomic mass is 10.2. The van der Waals surface area contributed by atoms with E-state index in [0.717, 1.165) is 20.1 Å². The van der Waals surface area contributed by atoms with Crippen LogP contribution in [0.4, 0.5) is 0 Å². The molecule has 0 saturated heterocycles. The first-order valence-electron chi connectivity index (χ1n) is 11.5. The molecule has 0 amide bonds. The Bertz CT molecular complexity index is 1810. The van der Waals surface area contributed by atoms with Gasteiger partial charge in [-0.2, -0.15) is 0 Å². The van der Waals surface area contributed by atoms with E-state index in [2.05, 4.69) is 23.6 Å². The van der Waals surface area contributed by atoms with Gasteiger partial charge in [0.15, 0.2) is 0 Å². The van der Waals surface area contributed by atoms with Gasteiger partial charge in [0.05, 0.1) is 11.1 Å². The van der Waals surface area contributed by atoms with Gasteiger partial charge in [-0.15, -0.1) is 22.7 Å². The van der Waals surface area contributed by atoms with Gasteiger partial charge in [0.25, 0.3) is 0 Å². The third-order valence-corrected chi connectivity index (χ3v) is 10.3. The van der Waals surface area contributed by atoms with Crippen LogP contribution in [0.5, 0.6) is 0 Å². The minimum atomic E-state index is -0.941. The van der Waals surface area contributed by atoms with Crippen LogP contribution in [0.15, 0.2) is 121 Å². The van der Waals surface area contributed by atoms with Crippen molar-refractivity contribution in [3.05, 3.63) is 118 Å². The van der Waals surface area contributed by atoms with Crippen LogP contribution in [0.3, 0.4) is 0 Å². The predicted molar refractivity (Wildman–Crippen MR) is 164 cm³/mol. The molecule has 0 atom stereocenters. The van der Waals surface area contributed by atoms with Gasteiger partial charge in [0.1, 0.15) is 0 Å². The molecule has 2 aromatic heterocycles. The molecule has 9 heteroatoms. The zero-order chi connectivity index (χ0) is 27.4. The third kappa shape index (κ3) is 6.32. The summed E-state index contributed by atoms with van der Waals surface area (Å²) in [5.41, 5.74) is 0.623. The van der Waals surface area contributed by atoms with Gasteiger partial charge in [0, 0.05) is 55.5 Å². The molecule has 0 bridgehead atoms. The number of carbonyl (C=O) groups is 2. The van der Waals surface area contributed by atoms with E-state index in [1.807, 2.05) is 47.8 Å². The summed E-state index contributed by atoms with van der Waals surface area (Å²) in [6.07, 6.45) is 0. The molecule has 0 unspecified atom stereocenters. The van der Waals surface area contributed by atoms with Crippen molar-refractivity contribution in [3.8, 4) is 0 Å². The summed E-state index contributed by atoms with van der Waals surface area (Å²) >= 11 is 12.3. The first-order valence-corrected chi connectivity index (χ1v) is 15.3. The Morgan fingerprint density at radius 1 is 0.590 bits per heavy atom. The van der Waals surface area contributed by atoms with E-state index in [-0.39, 0.29) is 5.56 Å². The summed E-state index contributed by atoms with van der Waals surface area (Å²) in [5, 5.41) is 25.4. The first kappa shape index (κ1) is 27.3. The Morgan fingerprint density at radius 2 is 1.08 bits per heavy atom. The highest BCUT2D eigenvalue weighted by atomic mass is 35.5. The van der Waals surface area contributed by atoms with Crippen LogP contribution in [0.25, 0.3) is 20.2 Å². The molecule has 2 heterocycles. The Kier molecular flexibility index (Phi) is 8.60. The SMILES string of the molecule is O=C(O)c1ccc(Cl)cc1Sc1csc2ccccc12.O=C(O)c1ccccc1Sc1csc2ccccc12. The summed E-state index contributed by atoms with van der Waals surface area (Å²) in [5.74, 6) is -1.83. The number of hydrogen-bond acceptors (Lipinski definition) is 6. The molecule has 0 aliphatic heterocycles. The van der Waals surface area contributed by atoms with Gasteiger partial charge in [0.2, 0.25) is 0 Å². The minimum Gasteiger partial charge on any atom is -0.478 e. The molecule has 4 nitrogen and oxygen atoms in total. The van der Waals surface area contributed by atoms with E-state index < -0.39 is 11.9 Å². The summed E-state index contributed by atoms with van der Waals surface area (Å²) < 4.78 is 2.41. The molecule has 0 radical (unpaired) electrons. The van der Waals surface area contributed by atoms with Gasteiger partial charge in [-0.05, 0) is 42.5 Å². The van der Waals surface area contributed by atoms with Gasteiger partial charge in [-0.1, -0.05) is 83.7 Å². The molecule has 2 N–H and O–H groups in total. The van der Waals surface area contributed by atoms with E-state index in [1.54, 1.807) is 53.0 Å². The summed E-state index contributed by atoms with van der Waals surface area (Å²) in [4.78, 5) is 26.1. The molecule has 39 heavy (non-hydrogen) atoms. The average molecular weight is 607 g/mol. The molecular formula is C30H19ClO4S4. The molecule has 6 rings (SSSR count). The largest absolute Gasteiger partial charge is 0.478 e. The molecule has 6 aromatic rings. The van der Waals surface area contributed by atoms with Crippen molar-refractivity contribution < 1.29 is 19.8 Å². The zero-order valence-electron chi connectivity index (χ0n) is 20.0. The number of rotatable bonds is 6. The Balaban J connectivity index is 0.000000158. The maximum absolute atomic E-state index is 11.3.